The first-order chi connectivity index (χ1) is 11.4. The summed E-state index contributed by atoms with van der Waals surface area (Å²) >= 11 is 0. The highest BCUT2D eigenvalue weighted by Gasteiger charge is 2.17. The minimum absolute atomic E-state index is 0.0111. The lowest BCUT2D eigenvalue weighted by Gasteiger charge is -2.12. The van der Waals surface area contributed by atoms with Crippen molar-refractivity contribution in [1.29, 1.82) is 0 Å². The lowest BCUT2D eigenvalue weighted by molar-refractivity contribution is 0.0961. The summed E-state index contributed by atoms with van der Waals surface area (Å²) in [6, 6.07) is 10.9. The molecule has 0 saturated carbocycles. The summed E-state index contributed by atoms with van der Waals surface area (Å²) in [6.45, 7) is 4.22. The Bertz CT molecular complexity index is 792. The molecule has 0 unspecified atom stereocenters. The first-order valence-corrected chi connectivity index (χ1v) is 7.96. The average molecular weight is 326 g/mol. The van der Waals surface area contributed by atoms with E-state index >= 15 is 0 Å². The molecular formula is C19H22N2O3. The van der Waals surface area contributed by atoms with Gasteiger partial charge in [0, 0.05) is 25.2 Å². The third-order valence-corrected chi connectivity index (χ3v) is 3.67. The Morgan fingerprint density at radius 2 is 1.83 bits per heavy atom. The second-order valence-electron chi connectivity index (χ2n) is 6.16. The molecule has 0 aliphatic carbocycles. The number of aromatic nitrogens is 1. The molecule has 0 atom stereocenters. The Hall–Kier alpha value is -2.69. The van der Waals surface area contributed by atoms with Crippen LogP contribution in [0.25, 0.3) is 0 Å². The highest BCUT2D eigenvalue weighted by Crippen LogP contribution is 2.11. The van der Waals surface area contributed by atoms with E-state index in [9.17, 15) is 14.4 Å². The first kappa shape index (κ1) is 17.7. The molecule has 0 aliphatic heterocycles. The van der Waals surface area contributed by atoms with Crippen LogP contribution in [-0.2, 0) is 6.54 Å². The zero-order valence-electron chi connectivity index (χ0n) is 14.2. The average Bonchev–Trinajstić information content (AvgIpc) is 2.56. The first-order valence-electron chi connectivity index (χ1n) is 7.96. The number of benzene rings is 1. The monoisotopic (exact) mass is 326 g/mol. The number of rotatable bonds is 6. The molecule has 0 fully saturated rings. The van der Waals surface area contributed by atoms with E-state index in [0.717, 1.165) is 5.56 Å². The van der Waals surface area contributed by atoms with Crippen molar-refractivity contribution < 1.29 is 9.59 Å². The van der Waals surface area contributed by atoms with Crippen LogP contribution in [0.2, 0.25) is 0 Å². The topological polar surface area (TPSA) is 68.2 Å². The van der Waals surface area contributed by atoms with Crippen LogP contribution in [0, 0.1) is 5.92 Å². The zero-order chi connectivity index (χ0) is 17.7. The van der Waals surface area contributed by atoms with Gasteiger partial charge < -0.3 is 9.88 Å². The quantitative estimate of drug-likeness (QED) is 0.829. The summed E-state index contributed by atoms with van der Waals surface area (Å²) in [4.78, 5) is 36.9. The van der Waals surface area contributed by atoms with Crippen molar-refractivity contribution in [3.8, 4) is 0 Å². The molecule has 0 aliphatic rings. The smallest absolute Gasteiger partial charge is 0.263 e. The van der Waals surface area contributed by atoms with Crippen LogP contribution >= 0.6 is 0 Å². The molecule has 2 aromatic rings. The highest BCUT2D eigenvalue weighted by atomic mass is 16.2. The van der Waals surface area contributed by atoms with Crippen LogP contribution < -0.4 is 10.9 Å². The van der Waals surface area contributed by atoms with Crippen LogP contribution in [0.5, 0.6) is 0 Å². The third-order valence-electron chi connectivity index (χ3n) is 3.67. The Labute approximate surface area is 141 Å². The number of carbonyl (C=O) groups excluding carboxylic acids is 2. The van der Waals surface area contributed by atoms with E-state index in [1.807, 2.05) is 44.2 Å². The molecule has 0 spiro atoms. The SMILES string of the molecule is CNC(=O)c1cc(C(=O)CC(C)C)cn(Cc2ccccc2)c1=O. The van der Waals surface area contributed by atoms with E-state index in [4.69, 9.17) is 0 Å². The van der Waals surface area contributed by atoms with Gasteiger partial charge in [-0.05, 0) is 17.5 Å². The fourth-order valence-corrected chi connectivity index (χ4v) is 2.47. The maximum atomic E-state index is 12.6. The molecule has 0 radical (unpaired) electrons. The number of hydrogen-bond donors (Lipinski definition) is 1. The molecule has 1 aromatic carbocycles. The summed E-state index contributed by atoms with van der Waals surface area (Å²) in [6.07, 6.45) is 1.92. The lowest BCUT2D eigenvalue weighted by atomic mass is 10.0. The zero-order valence-corrected chi connectivity index (χ0v) is 14.2. The summed E-state index contributed by atoms with van der Waals surface area (Å²) < 4.78 is 1.42. The standard InChI is InChI=1S/C19H22N2O3/c1-13(2)9-17(22)15-10-16(18(23)20-3)19(24)21(12-15)11-14-7-5-4-6-8-14/h4-8,10,12-13H,9,11H2,1-3H3,(H,20,23). The summed E-state index contributed by atoms with van der Waals surface area (Å²) in [5, 5.41) is 2.46. The van der Waals surface area contributed by atoms with Gasteiger partial charge in [-0.25, -0.2) is 0 Å². The number of ketones is 1. The number of carbonyl (C=O) groups is 2. The van der Waals surface area contributed by atoms with Crippen molar-refractivity contribution in [2.45, 2.75) is 26.8 Å². The molecule has 126 valence electrons. The Morgan fingerprint density at radius 1 is 1.17 bits per heavy atom. The van der Waals surface area contributed by atoms with Crippen LogP contribution in [0.4, 0.5) is 0 Å². The number of Topliss-reactive ketones (excluding diaryl/α,β-unsaturated/α-hetero) is 1. The van der Waals surface area contributed by atoms with Crippen LogP contribution in [0.3, 0.4) is 0 Å². The van der Waals surface area contributed by atoms with E-state index in [1.165, 1.54) is 17.7 Å². The normalized spacial score (nSPS) is 10.7. The van der Waals surface area contributed by atoms with Crippen molar-refractivity contribution in [1.82, 2.24) is 9.88 Å². The van der Waals surface area contributed by atoms with Gasteiger partial charge in [0.15, 0.2) is 5.78 Å². The number of nitrogens with zero attached hydrogens (tertiary/aromatic N) is 1. The fourth-order valence-electron chi connectivity index (χ4n) is 2.47. The second kappa shape index (κ2) is 7.73. The van der Waals surface area contributed by atoms with Gasteiger partial charge in [-0.2, -0.15) is 0 Å². The lowest BCUT2D eigenvalue weighted by Crippen LogP contribution is -2.32. The van der Waals surface area contributed by atoms with E-state index in [2.05, 4.69) is 5.32 Å². The van der Waals surface area contributed by atoms with Gasteiger partial charge in [0.1, 0.15) is 5.56 Å². The van der Waals surface area contributed by atoms with Gasteiger partial charge in [-0.15, -0.1) is 0 Å². The Morgan fingerprint density at radius 3 is 2.42 bits per heavy atom. The molecule has 1 N–H and O–H groups in total. The van der Waals surface area contributed by atoms with Gasteiger partial charge in [0.05, 0.1) is 6.54 Å². The highest BCUT2D eigenvalue weighted by molar-refractivity contribution is 6.00. The molecular weight excluding hydrogens is 304 g/mol. The van der Waals surface area contributed by atoms with Crippen LogP contribution in [-0.4, -0.2) is 23.3 Å². The van der Waals surface area contributed by atoms with Crippen LogP contribution in [0.1, 0.15) is 46.5 Å². The Kier molecular flexibility index (Phi) is 5.68. The van der Waals surface area contributed by atoms with Crippen molar-refractivity contribution in [2.75, 3.05) is 7.05 Å². The molecule has 2 rings (SSSR count). The van der Waals surface area contributed by atoms with Crippen molar-refractivity contribution >= 4 is 11.7 Å². The minimum atomic E-state index is -0.485. The maximum Gasteiger partial charge on any atom is 0.263 e. The fraction of sp³-hybridized carbons (Fsp3) is 0.316. The Balaban J connectivity index is 2.50. The predicted octanol–water partition coefficient (Wildman–Crippen LogP) is 2.49. The number of pyridine rings is 1. The van der Waals surface area contributed by atoms with Crippen molar-refractivity contribution in [3.63, 3.8) is 0 Å². The molecule has 0 bridgehead atoms. The van der Waals surface area contributed by atoms with Gasteiger partial charge in [-0.3, -0.25) is 14.4 Å². The minimum Gasteiger partial charge on any atom is -0.355 e. The summed E-state index contributed by atoms with van der Waals surface area (Å²) in [5.41, 5.74) is 0.899. The molecule has 5 nitrogen and oxygen atoms in total. The largest absolute Gasteiger partial charge is 0.355 e. The van der Waals surface area contributed by atoms with Crippen molar-refractivity contribution in [3.05, 3.63) is 69.6 Å². The summed E-state index contributed by atoms with van der Waals surface area (Å²) in [5.74, 6) is -0.353. The number of hydrogen-bond acceptors (Lipinski definition) is 3. The van der Waals surface area contributed by atoms with Gasteiger partial charge in [0.25, 0.3) is 11.5 Å². The molecule has 5 heteroatoms. The third kappa shape index (κ3) is 4.19. The van der Waals surface area contributed by atoms with Gasteiger partial charge in [0.2, 0.25) is 0 Å². The van der Waals surface area contributed by atoms with E-state index in [1.54, 1.807) is 6.20 Å². The number of nitrogens with one attached hydrogen (secondary N) is 1. The summed E-state index contributed by atoms with van der Waals surface area (Å²) in [7, 11) is 1.46. The molecule has 24 heavy (non-hydrogen) atoms. The maximum absolute atomic E-state index is 12.6. The molecule has 1 heterocycles. The van der Waals surface area contributed by atoms with E-state index < -0.39 is 11.5 Å². The van der Waals surface area contributed by atoms with E-state index in [-0.39, 0.29) is 17.3 Å². The van der Waals surface area contributed by atoms with E-state index in [0.29, 0.717) is 18.5 Å². The molecule has 0 saturated heterocycles. The molecule has 1 aromatic heterocycles. The van der Waals surface area contributed by atoms with Gasteiger partial charge >= 0.3 is 0 Å². The predicted molar refractivity (Wildman–Crippen MR) is 93.4 cm³/mol. The van der Waals surface area contributed by atoms with Crippen molar-refractivity contribution in [2.24, 2.45) is 5.92 Å². The molecule has 1 amide bonds. The van der Waals surface area contributed by atoms with Crippen LogP contribution in [0.15, 0.2) is 47.4 Å². The number of amides is 1. The van der Waals surface area contributed by atoms with Gasteiger partial charge in [-0.1, -0.05) is 44.2 Å². The second-order valence-corrected chi connectivity index (χ2v) is 6.16.